The number of hydrogen-bond donors (Lipinski definition) is 3. The van der Waals surface area contributed by atoms with Crippen LogP contribution in [0.25, 0.3) is 0 Å². The monoisotopic (exact) mass is 279 g/mol. The molecular formula is C14H25N5O. The van der Waals surface area contributed by atoms with Crippen LogP contribution < -0.4 is 16.6 Å². The standard InChI is InChI=1S/C14H25N5O/c1-9(2)12-17-13(10(3)14(18-12)19-15)16-7-11-5-4-6-20-8-11/h9,11H,4-8,15H2,1-3H3,(H2,16,17,18,19). The molecule has 1 atom stereocenters. The van der Waals surface area contributed by atoms with Crippen molar-refractivity contribution < 1.29 is 4.74 Å². The van der Waals surface area contributed by atoms with Gasteiger partial charge in [0.1, 0.15) is 17.5 Å². The van der Waals surface area contributed by atoms with Gasteiger partial charge in [-0.15, -0.1) is 0 Å². The summed E-state index contributed by atoms with van der Waals surface area (Å²) in [6, 6.07) is 0. The highest BCUT2D eigenvalue weighted by molar-refractivity contribution is 5.56. The number of anilines is 2. The molecule has 0 spiro atoms. The largest absolute Gasteiger partial charge is 0.381 e. The Balaban J connectivity index is 2.10. The van der Waals surface area contributed by atoms with Crippen LogP contribution in [0.5, 0.6) is 0 Å². The van der Waals surface area contributed by atoms with Gasteiger partial charge in [0.25, 0.3) is 0 Å². The molecule has 6 heteroatoms. The van der Waals surface area contributed by atoms with Crippen LogP contribution in [0.4, 0.5) is 11.6 Å². The Labute approximate surface area is 120 Å². The van der Waals surface area contributed by atoms with Gasteiger partial charge in [-0.25, -0.2) is 15.8 Å². The topological polar surface area (TPSA) is 85.1 Å². The summed E-state index contributed by atoms with van der Waals surface area (Å²) < 4.78 is 5.50. The minimum absolute atomic E-state index is 0.265. The molecule has 1 aromatic rings. The van der Waals surface area contributed by atoms with E-state index in [0.29, 0.717) is 11.7 Å². The maximum Gasteiger partial charge on any atom is 0.148 e. The van der Waals surface area contributed by atoms with Gasteiger partial charge in [-0.2, -0.15) is 0 Å². The van der Waals surface area contributed by atoms with E-state index >= 15 is 0 Å². The van der Waals surface area contributed by atoms with Crippen LogP contribution in [0.1, 0.15) is 44.0 Å². The molecule has 0 saturated carbocycles. The maximum absolute atomic E-state index is 5.54. The average Bonchev–Trinajstić information content (AvgIpc) is 2.47. The van der Waals surface area contributed by atoms with Gasteiger partial charge in [0, 0.05) is 24.6 Å². The number of nitrogen functional groups attached to an aromatic ring is 1. The molecule has 1 saturated heterocycles. The van der Waals surface area contributed by atoms with Crippen molar-refractivity contribution in [3.63, 3.8) is 0 Å². The van der Waals surface area contributed by atoms with Crippen molar-refractivity contribution in [2.45, 2.75) is 39.5 Å². The van der Waals surface area contributed by atoms with Gasteiger partial charge in [-0.1, -0.05) is 13.8 Å². The predicted molar refractivity (Wildman–Crippen MR) is 80.7 cm³/mol. The van der Waals surface area contributed by atoms with Crippen LogP contribution in [0.3, 0.4) is 0 Å². The molecule has 112 valence electrons. The molecule has 1 aromatic heterocycles. The summed E-state index contributed by atoms with van der Waals surface area (Å²) in [6.45, 7) is 8.71. The van der Waals surface area contributed by atoms with E-state index in [-0.39, 0.29) is 5.92 Å². The van der Waals surface area contributed by atoms with Crippen molar-refractivity contribution in [2.75, 3.05) is 30.5 Å². The van der Waals surface area contributed by atoms with Gasteiger partial charge in [0.15, 0.2) is 0 Å². The molecule has 0 radical (unpaired) electrons. The quantitative estimate of drug-likeness (QED) is 0.565. The summed E-state index contributed by atoms with van der Waals surface area (Å²) in [6.07, 6.45) is 2.35. The van der Waals surface area contributed by atoms with Crippen molar-refractivity contribution in [2.24, 2.45) is 11.8 Å². The molecule has 2 rings (SSSR count). The first-order chi connectivity index (χ1) is 9.61. The first-order valence-corrected chi connectivity index (χ1v) is 7.28. The first-order valence-electron chi connectivity index (χ1n) is 7.28. The Morgan fingerprint density at radius 2 is 2.10 bits per heavy atom. The molecule has 0 bridgehead atoms. The molecule has 2 heterocycles. The van der Waals surface area contributed by atoms with Crippen LogP contribution in [0.2, 0.25) is 0 Å². The Hall–Kier alpha value is -1.40. The van der Waals surface area contributed by atoms with Gasteiger partial charge in [0.2, 0.25) is 0 Å². The third-order valence-electron chi connectivity index (χ3n) is 3.63. The molecule has 4 N–H and O–H groups in total. The number of hydrogen-bond acceptors (Lipinski definition) is 6. The van der Waals surface area contributed by atoms with E-state index in [1.807, 2.05) is 6.92 Å². The van der Waals surface area contributed by atoms with Crippen LogP contribution in [0, 0.1) is 12.8 Å². The number of hydrazine groups is 1. The minimum atomic E-state index is 0.265. The van der Waals surface area contributed by atoms with Gasteiger partial charge >= 0.3 is 0 Å². The molecular weight excluding hydrogens is 254 g/mol. The van der Waals surface area contributed by atoms with E-state index < -0.39 is 0 Å². The number of ether oxygens (including phenoxy) is 1. The Morgan fingerprint density at radius 3 is 2.70 bits per heavy atom. The zero-order valence-corrected chi connectivity index (χ0v) is 12.6. The highest BCUT2D eigenvalue weighted by Crippen LogP contribution is 2.23. The third kappa shape index (κ3) is 3.58. The maximum atomic E-state index is 5.54. The van der Waals surface area contributed by atoms with E-state index in [2.05, 4.69) is 34.6 Å². The van der Waals surface area contributed by atoms with E-state index in [0.717, 1.165) is 43.4 Å². The predicted octanol–water partition coefficient (Wildman–Crippen LogP) is 2.03. The Morgan fingerprint density at radius 1 is 1.35 bits per heavy atom. The molecule has 1 aliphatic rings. The lowest BCUT2D eigenvalue weighted by atomic mass is 10.0. The highest BCUT2D eigenvalue weighted by atomic mass is 16.5. The molecule has 6 nitrogen and oxygen atoms in total. The molecule has 1 unspecified atom stereocenters. The number of nitrogens with two attached hydrogens (primary N) is 1. The van der Waals surface area contributed by atoms with Crippen LogP contribution >= 0.6 is 0 Å². The van der Waals surface area contributed by atoms with Crippen LogP contribution in [0.15, 0.2) is 0 Å². The zero-order chi connectivity index (χ0) is 14.5. The Kier molecular flexibility index (Phi) is 5.14. The summed E-state index contributed by atoms with van der Waals surface area (Å²) in [5, 5.41) is 3.43. The SMILES string of the molecule is Cc1c(NN)nc(C(C)C)nc1NCC1CCCOC1. The zero-order valence-electron chi connectivity index (χ0n) is 12.6. The molecule has 0 aliphatic carbocycles. The lowest BCUT2D eigenvalue weighted by Gasteiger charge is -2.23. The number of nitrogens with zero attached hydrogens (tertiary/aromatic N) is 2. The lowest BCUT2D eigenvalue weighted by Crippen LogP contribution is -2.25. The van der Waals surface area contributed by atoms with E-state index in [1.54, 1.807) is 0 Å². The van der Waals surface area contributed by atoms with Crippen molar-refractivity contribution in [3.8, 4) is 0 Å². The fourth-order valence-electron chi connectivity index (χ4n) is 2.31. The highest BCUT2D eigenvalue weighted by Gasteiger charge is 2.16. The van der Waals surface area contributed by atoms with E-state index in [4.69, 9.17) is 10.6 Å². The van der Waals surface area contributed by atoms with Crippen molar-refractivity contribution >= 4 is 11.6 Å². The molecule has 1 fully saturated rings. The van der Waals surface area contributed by atoms with Gasteiger partial charge < -0.3 is 15.5 Å². The minimum Gasteiger partial charge on any atom is -0.381 e. The summed E-state index contributed by atoms with van der Waals surface area (Å²) in [7, 11) is 0. The number of nitrogens with one attached hydrogen (secondary N) is 2. The second-order valence-electron chi connectivity index (χ2n) is 5.67. The average molecular weight is 279 g/mol. The molecule has 0 aromatic carbocycles. The smallest absolute Gasteiger partial charge is 0.148 e. The summed E-state index contributed by atoms with van der Waals surface area (Å²) in [5.74, 6) is 8.70. The lowest BCUT2D eigenvalue weighted by molar-refractivity contribution is 0.0594. The van der Waals surface area contributed by atoms with Gasteiger partial charge in [-0.3, -0.25) is 0 Å². The Bertz CT molecular complexity index is 443. The van der Waals surface area contributed by atoms with Gasteiger partial charge in [-0.05, 0) is 25.7 Å². The normalized spacial score (nSPS) is 19.1. The third-order valence-corrected chi connectivity index (χ3v) is 3.63. The fourth-order valence-corrected chi connectivity index (χ4v) is 2.31. The van der Waals surface area contributed by atoms with Gasteiger partial charge in [0.05, 0.1) is 6.61 Å². The number of rotatable bonds is 5. The summed E-state index contributed by atoms with van der Waals surface area (Å²) in [4.78, 5) is 9.04. The molecule has 1 aliphatic heterocycles. The second-order valence-corrected chi connectivity index (χ2v) is 5.67. The van der Waals surface area contributed by atoms with E-state index in [9.17, 15) is 0 Å². The summed E-state index contributed by atoms with van der Waals surface area (Å²) >= 11 is 0. The van der Waals surface area contributed by atoms with Crippen molar-refractivity contribution in [1.29, 1.82) is 0 Å². The van der Waals surface area contributed by atoms with Crippen LogP contribution in [-0.4, -0.2) is 29.7 Å². The second kappa shape index (κ2) is 6.85. The van der Waals surface area contributed by atoms with Crippen LogP contribution in [-0.2, 0) is 4.74 Å². The van der Waals surface area contributed by atoms with Crippen molar-refractivity contribution in [1.82, 2.24) is 9.97 Å². The number of aromatic nitrogens is 2. The fraction of sp³-hybridized carbons (Fsp3) is 0.714. The molecule has 20 heavy (non-hydrogen) atoms. The van der Waals surface area contributed by atoms with Crippen molar-refractivity contribution in [3.05, 3.63) is 11.4 Å². The first kappa shape index (κ1) is 15.0. The molecule has 0 amide bonds. The summed E-state index contributed by atoms with van der Waals surface area (Å²) in [5.41, 5.74) is 3.61. The van der Waals surface area contributed by atoms with E-state index in [1.165, 1.54) is 6.42 Å².